The van der Waals surface area contributed by atoms with Crippen LogP contribution in [0.5, 0.6) is 0 Å². The van der Waals surface area contributed by atoms with Crippen LogP contribution in [0.1, 0.15) is 213 Å². The predicted octanol–water partition coefficient (Wildman–Crippen LogP) is 13.0. The summed E-state index contributed by atoms with van der Waals surface area (Å²) < 4.78 is 6.03. The molecule has 0 rings (SSSR count). The molecule has 0 aliphatic heterocycles. The lowest BCUT2D eigenvalue weighted by Crippen LogP contribution is -2.47. The van der Waals surface area contributed by atoms with E-state index in [0.29, 0.717) is 12.8 Å². The van der Waals surface area contributed by atoms with E-state index < -0.39 is 24.5 Å². The Morgan fingerprint density at radius 2 is 0.935 bits per heavy atom. The van der Waals surface area contributed by atoms with Gasteiger partial charge in [-0.15, -0.1) is 0 Å². The summed E-state index contributed by atoms with van der Waals surface area (Å²) >= 11 is 0. The fraction of sp³-hybridized carbons (Fsp3) is 0.698. The molecule has 0 aromatic heterocycles. The SMILES string of the molecule is CC/C=C\C/C=C\C/C=C\C/C=C\C/C=C\CCCCCCCCCC(=O)OC(CCC/C=C\CCCCCCCC)CCCCCCCC(=O)NCC(=O)NC(CO)C(=O)O. The summed E-state index contributed by atoms with van der Waals surface area (Å²) in [6.45, 7) is 3.36. The summed E-state index contributed by atoms with van der Waals surface area (Å²) in [7, 11) is 0. The van der Waals surface area contributed by atoms with E-state index in [9.17, 15) is 19.2 Å². The number of hydrogen-bond donors (Lipinski definition) is 4. The number of amides is 2. The third kappa shape index (κ3) is 42.9. The van der Waals surface area contributed by atoms with E-state index in [2.05, 4.69) is 97.4 Å². The number of rotatable bonds is 44. The molecule has 0 heterocycles. The maximum Gasteiger partial charge on any atom is 0.328 e. The molecule has 0 aromatic carbocycles. The van der Waals surface area contributed by atoms with E-state index in [1.54, 1.807) is 0 Å². The van der Waals surface area contributed by atoms with Crippen molar-refractivity contribution in [1.29, 1.82) is 0 Å². The minimum atomic E-state index is -1.39. The Balaban J connectivity index is 4.28. The maximum absolute atomic E-state index is 12.8. The van der Waals surface area contributed by atoms with Crippen molar-refractivity contribution in [1.82, 2.24) is 10.6 Å². The number of nitrogens with one attached hydrogen (secondary N) is 2. The molecule has 0 saturated carbocycles. The van der Waals surface area contributed by atoms with Crippen LogP contribution < -0.4 is 10.6 Å². The molecule has 0 saturated heterocycles. The van der Waals surface area contributed by atoms with Crippen molar-refractivity contribution in [3.63, 3.8) is 0 Å². The predicted molar refractivity (Wildman–Crippen MR) is 259 cm³/mol. The van der Waals surface area contributed by atoms with Crippen LogP contribution in [-0.2, 0) is 23.9 Å². The van der Waals surface area contributed by atoms with Crippen LogP contribution in [0.15, 0.2) is 72.9 Å². The summed E-state index contributed by atoms with van der Waals surface area (Å²) in [6, 6.07) is -1.39. The largest absolute Gasteiger partial charge is 0.480 e. The molecule has 354 valence electrons. The van der Waals surface area contributed by atoms with E-state index in [1.165, 1.54) is 64.2 Å². The van der Waals surface area contributed by atoms with E-state index in [4.69, 9.17) is 14.9 Å². The lowest BCUT2D eigenvalue weighted by molar-refractivity contribution is -0.150. The van der Waals surface area contributed by atoms with E-state index >= 15 is 0 Å². The molecule has 62 heavy (non-hydrogen) atoms. The van der Waals surface area contributed by atoms with Gasteiger partial charge in [-0.2, -0.15) is 0 Å². The van der Waals surface area contributed by atoms with Crippen LogP contribution in [0.3, 0.4) is 0 Å². The number of carbonyl (C=O) groups excluding carboxylic acids is 3. The Morgan fingerprint density at radius 1 is 0.500 bits per heavy atom. The second-order valence-corrected chi connectivity index (χ2v) is 16.5. The third-order valence-electron chi connectivity index (χ3n) is 10.7. The molecule has 9 heteroatoms. The molecule has 0 bridgehead atoms. The first-order valence-electron chi connectivity index (χ1n) is 24.8. The van der Waals surface area contributed by atoms with Gasteiger partial charge in [0.1, 0.15) is 12.1 Å². The van der Waals surface area contributed by atoms with Crippen molar-refractivity contribution in [3.05, 3.63) is 72.9 Å². The van der Waals surface area contributed by atoms with Crippen LogP contribution in [0, 0.1) is 0 Å². The topological polar surface area (TPSA) is 142 Å². The molecule has 0 aliphatic rings. The molecule has 0 radical (unpaired) electrons. The highest BCUT2D eigenvalue weighted by Gasteiger charge is 2.19. The highest BCUT2D eigenvalue weighted by molar-refractivity contribution is 5.87. The number of unbranched alkanes of at least 4 members (excludes halogenated alkanes) is 18. The first-order chi connectivity index (χ1) is 30.3. The summed E-state index contributed by atoms with van der Waals surface area (Å²) in [6.07, 6.45) is 59.3. The molecule has 9 nitrogen and oxygen atoms in total. The molecular weight excluding hydrogens is 777 g/mol. The van der Waals surface area contributed by atoms with Crippen molar-refractivity contribution in [2.45, 2.75) is 225 Å². The molecule has 4 N–H and O–H groups in total. The minimum Gasteiger partial charge on any atom is -0.480 e. The van der Waals surface area contributed by atoms with Crippen molar-refractivity contribution >= 4 is 23.8 Å². The van der Waals surface area contributed by atoms with E-state index in [-0.39, 0.29) is 30.9 Å². The Labute approximate surface area is 378 Å². The molecule has 0 aromatic rings. The van der Waals surface area contributed by atoms with Crippen LogP contribution in [-0.4, -0.2) is 59.3 Å². The van der Waals surface area contributed by atoms with Crippen LogP contribution >= 0.6 is 0 Å². The second kappa shape index (κ2) is 46.8. The van der Waals surface area contributed by atoms with Crippen molar-refractivity contribution in [2.75, 3.05) is 13.2 Å². The first-order valence-corrected chi connectivity index (χ1v) is 24.8. The Hall–Kier alpha value is -3.72. The molecule has 2 amide bonds. The van der Waals surface area contributed by atoms with Gasteiger partial charge in [0.05, 0.1) is 13.2 Å². The number of aliphatic hydroxyl groups excluding tert-OH is 1. The number of carbonyl (C=O) groups is 4. The molecule has 0 aliphatic carbocycles. The summed E-state index contributed by atoms with van der Waals surface area (Å²) in [4.78, 5) is 47.7. The normalized spacial score (nSPS) is 13.1. The molecule has 2 unspecified atom stereocenters. The summed E-state index contributed by atoms with van der Waals surface area (Å²) in [5.74, 6) is -2.33. The van der Waals surface area contributed by atoms with Gasteiger partial charge >= 0.3 is 11.9 Å². The number of aliphatic hydroxyl groups is 1. The monoisotopic (exact) mass is 867 g/mol. The maximum atomic E-state index is 12.8. The van der Waals surface area contributed by atoms with Gasteiger partial charge in [0.15, 0.2) is 0 Å². The highest BCUT2D eigenvalue weighted by Crippen LogP contribution is 2.18. The quantitative estimate of drug-likeness (QED) is 0.0271. The van der Waals surface area contributed by atoms with Gasteiger partial charge in [-0.1, -0.05) is 170 Å². The fourth-order valence-electron chi connectivity index (χ4n) is 6.92. The van der Waals surface area contributed by atoms with Gasteiger partial charge in [-0.05, 0) is 103 Å². The number of ether oxygens (including phenoxy) is 1. The van der Waals surface area contributed by atoms with Gasteiger partial charge in [-0.25, -0.2) is 4.79 Å². The number of carboxylic acids is 1. The number of hydrogen-bond acceptors (Lipinski definition) is 6. The van der Waals surface area contributed by atoms with Crippen LogP contribution in [0.4, 0.5) is 0 Å². The van der Waals surface area contributed by atoms with Crippen molar-refractivity contribution in [2.24, 2.45) is 0 Å². The Bertz CT molecular complexity index is 1270. The smallest absolute Gasteiger partial charge is 0.328 e. The lowest BCUT2D eigenvalue weighted by Gasteiger charge is -2.18. The zero-order valence-electron chi connectivity index (χ0n) is 39.4. The fourth-order valence-corrected chi connectivity index (χ4v) is 6.92. The molecule has 0 spiro atoms. The van der Waals surface area contributed by atoms with Gasteiger partial charge in [-0.3, -0.25) is 14.4 Å². The van der Waals surface area contributed by atoms with Crippen molar-refractivity contribution < 1.29 is 34.1 Å². The van der Waals surface area contributed by atoms with E-state index in [1.807, 2.05) is 0 Å². The van der Waals surface area contributed by atoms with Gasteiger partial charge in [0.25, 0.3) is 0 Å². The van der Waals surface area contributed by atoms with Gasteiger partial charge < -0.3 is 25.6 Å². The highest BCUT2D eigenvalue weighted by atomic mass is 16.5. The average molecular weight is 867 g/mol. The molecule has 2 atom stereocenters. The first kappa shape index (κ1) is 58.3. The van der Waals surface area contributed by atoms with Gasteiger partial charge in [0.2, 0.25) is 11.8 Å². The van der Waals surface area contributed by atoms with E-state index in [0.717, 1.165) is 116 Å². The van der Waals surface area contributed by atoms with Crippen LogP contribution in [0.2, 0.25) is 0 Å². The zero-order valence-corrected chi connectivity index (χ0v) is 39.4. The third-order valence-corrected chi connectivity index (χ3v) is 10.7. The second-order valence-electron chi connectivity index (χ2n) is 16.5. The summed E-state index contributed by atoms with van der Waals surface area (Å²) in [5, 5.41) is 22.6. The standard InChI is InChI=1S/C53H90N2O7/c1-3-5-7-9-11-13-15-16-17-18-19-20-21-22-23-24-25-26-28-30-32-37-41-45-52(59)62-48(42-38-34-31-29-27-14-12-10-8-6-4-2)43-39-35-33-36-40-44-50(57)54-46-51(58)55-49(47-56)53(60)61/h5,7,11,13,16-17,19-20,22-23,29,31,48-49,56H,3-4,6,8-10,12,14-15,18,21,24-28,30,32-47H2,1-2H3,(H,54,57)(H,55,58)(H,60,61)/b7-5-,13-11-,17-16-,20-19-,23-22-,31-29-. The molecule has 0 fully saturated rings. The minimum absolute atomic E-state index is 0.0547. The summed E-state index contributed by atoms with van der Waals surface area (Å²) in [5.41, 5.74) is 0. The zero-order chi connectivity index (χ0) is 45.4. The van der Waals surface area contributed by atoms with Gasteiger partial charge in [0, 0.05) is 12.8 Å². The van der Waals surface area contributed by atoms with Crippen LogP contribution in [0.25, 0.3) is 0 Å². The lowest BCUT2D eigenvalue weighted by atomic mass is 10.0. The average Bonchev–Trinajstić information content (AvgIpc) is 3.26. The number of carboxylic acid groups (broad SMARTS) is 1. The Kier molecular flexibility index (Phi) is 44.0. The number of esters is 1. The van der Waals surface area contributed by atoms with Crippen molar-refractivity contribution in [3.8, 4) is 0 Å². The number of allylic oxidation sites excluding steroid dienone is 12. The number of aliphatic carboxylic acids is 1. The molecular formula is C53H90N2O7. The Morgan fingerprint density at radius 3 is 1.47 bits per heavy atom.